The first kappa shape index (κ1) is 22.9. The Bertz CT molecular complexity index is 884. The van der Waals surface area contributed by atoms with E-state index in [4.69, 9.17) is 4.74 Å². The molecule has 0 fully saturated rings. The average Bonchev–Trinajstić information content (AvgIpc) is 2.67. The van der Waals surface area contributed by atoms with Gasteiger partial charge >= 0.3 is 0 Å². The number of likely N-dealkylation sites (N-methyl/N-ethyl adjacent to an activating group) is 1. The lowest BCUT2D eigenvalue weighted by Crippen LogP contribution is -2.41. The number of benzene rings is 2. The molecule has 0 saturated carbocycles. The molecule has 0 spiro atoms. The predicted molar refractivity (Wildman–Crippen MR) is 115 cm³/mol. The summed E-state index contributed by atoms with van der Waals surface area (Å²) in [4.78, 5) is 14.5. The normalized spacial score (nSPS) is 12.8. The molecule has 1 atom stereocenters. The van der Waals surface area contributed by atoms with Gasteiger partial charge in [-0.1, -0.05) is 18.2 Å². The number of para-hydroxylation sites is 1. The number of ether oxygens (including phenoxy) is 1. The molecule has 0 heterocycles. The zero-order valence-electron chi connectivity index (χ0n) is 17.3. The van der Waals surface area contributed by atoms with Gasteiger partial charge in [-0.25, -0.2) is 13.1 Å². The van der Waals surface area contributed by atoms with Crippen molar-refractivity contribution in [2.45, 2.75) is 37.8 Å². The fraction of sp³-hybridized carbons (Fsp3) is 0.381. The number of hydrogen-bond acceptors (Lipinski definition) is 5. The smallest absolute Gasteiger partial charge is 0.241 e. The molecule has 1 unspecified atom stereocenters. The summed E-state index contributed by atoms with van der Waals surface area (Å²) in [6.07, 6.45) is 0. The Morgan fingerprint density at radius 2 is 1.66 bits per heavy atom. The fourth-order valence-corrected chi connectivity index (χ4v) is 3.81. The van der Waals surface area contributed by atoms with Crippen LogP contribution < -0.4 is 14.8 Å². The summed E-state index contributed by atoms with van der Waals surface area (Å²) in [6.45, 7) is 6.38. The number of rotatable bonds is 10. The molecule has 2 aromatic carbocycles. The summed E-state index contributed by atoms with van der Waals surface area (Å²) >= 11 is 0. The Morgan fingerprint density at radius 1 is 1.03 bits per heavy atom. The van der Waals surface area contributed by atoms with Gasteiger partial charge in [-0.3, -0.25) is 9.69 Å². The van der Waals surface area contributed by atoms with Crippen LogP contribution in [0.5, 0.6) is 5.75 Å². The Kier molecular flexibility index (Phi) is 8.19. The third-order valence-electron chi connectivity index (χ3n) is 4.32. The third kappa shape index (κ3) is 7.16. The van der Waals surface area contributed by atoms with Crippen LogP contribution in [-0.2, 0) is 14.8 Å². The Morgan fingerprint density at radius 3 is 2.24 bits per heavy atom. The molecule has 158 valence electrons. The number of carbonyl (C=O) groups is 1. The summed E-state index contributed by atoms with van der Waals surface area (Å²) in [7, 11) is -1.70. The van der Waals surface area contributed by atoms with Gasteiger partial charge in [-0.15, -0.1) is 0 Å². The van der Waals surface area contributed by atoms with Crippen LogP contribution in [0.1, 0.15) is 20.8 Å². The summed E-state index contributed by atoms with van der Waals surface area (Å²) in [6, 6.07) is 15.1. The van der Waals surface area contributed by atoms with Gasteiger partial charge in [0.05, 0.1) is 10.9 Å². The SMILES string of the molecule is CC(C)NS(=O)(=O)c1ccc(NC(=O)C(C)N(C)CCOc2ccccc2)cc1. The van der Waals surface area contributed by atoms with Crippen LogP contribution in [0, 0.1) is 0 Å². The van der Waals surface area contributed by atoms with Gasteiger partial charge in [0, 0.05) is 18.3 Å². The van der Waals surface area contributed by atoms with Crippen molar-refractivity contribution in [3.8, 4) is 5.75 Å². The minimum atomic E-state index is -3.55. The molecule has 29 heavy (non-hydrogen) atoms. The lowest BCUT2D eigenvalue weighted by atomic mass is 10.2. The maximum Gasteiger partial charge on any atom is 0.241 e. The van der Waals surface area contributed by atoms with Crippen LogP contribution in [-0.4, -0.2) is 51.5 Å². The van der Waals surface area contributed by atoms with Crippen molar-refractivity contribution in [3.63, 3.8) is 0 Å². The maximum absolute atomic E-state index is 12.5. The van der Waals surface area contributed by atoms with Crippen LogP contribution in [0.2, 0.25) is 0 Å². The summed E-state index contributed by atoms with van der Waals surface area (Å²) < 4.78 is 32.5. The highest BCUT2D eigenvalue weighted by Gasteiger charge is 2.19. The zero-order valence-corrected chi connectivity index (χ0v) is 18.1. The van der Waals surface area contributed by atoms with Crippen molar-refractivity contribution < 1.29 is 17.9 Å². The van der Waals surface area contributed by atoms with Gasteiger partial charge in [-0.2, -0.15) is 0 Å². The molecule has 2 aromatic rings. The molecular weight excluding hydrogens is 390 g/mol. The lowest BCUT2D eigenvalue weighted by Gasteiger charge is -2.24. The molecule has 0 aliphatic carbocycles. The number of anilines is 1. The van der Waals surface area contributed by atoms with Crippen molar-refractivity contribution in [1.82, 2.24) is 9.62 Å². The Balaban J connectivity index is 1.86. The number of nitrogens with one attached hydrogen (secondary N) is 2. The highest BCUT2D eigenvalue weighted by molar-refractivity contribution is 7.89. The van der Waals surface area contributed by atoms with Crippen molar-refractivity contribution in [2.24, 2.45) is 0 Å². The van der Waals surface area contributed by atoms with Gasteiger partial charge in [0.15, 0.2) is 0 Å². The first-order chi connectivity index (χ1) is 13.7. The van der Waals surface area contributed by atoms with E-state index in [-0.39, 0.29) is 22.9 Å². The van der Waals surface area contributed by atoms with E-state index in [1.807, 2.05) is 49.2 Å². The second-order valence-electron chi connectivity index (χ2n) is 7.11. The molecule has 2 rings (SSSR count). The Labute approximate surface area is 173 Å². The molecule has 0 aromatic heterocycles. The minimum Gasteiger partial charge on any atom is -0.492 e. The first-order valence-electron chi connectivity index (χ1n) is 9.50. The monoisotopic (exact) mass is 419 g/mol. The van der Waals surface area contributed by atoms with Crippen LogP contribution in [0.25, 0.3) is 0 Å². The van der Waals surface area contributed by atoms with Gasteiger partial charge in [0.1, 0.15) is 12.4 Å². The number of carbonyl (C=O) groups excluding carboxylic acids is 1. The lowest BCUT2D eigenvalue weighted by molar-refractivity contribution is -0.120. The largest absolute Gasteiger partial charge is 0.492 e. The summed E-state index contributed by atoms with van der Waals surface area (Å²) in [5.74, 6) is 0.614. The quantitative estimate of drug-likeness (QED) is 0.618. The van der Waals surface area contributed by atoms with Crippen molar-refractivity contribution in [1.29, 1.82) is 0 Å². The van der Waals surface area contributed by atoms with Crippen LogP contribution in [0.4, 0.5) is 5.69 Å². The molecule has 0 bridgehead atoms. The second kappa shape index (κ2) is 10.4. The van der Waals surface area contributed by atoms with Gasteiger partial charge < -0.3 is 10.1 Å². The number of hydrogen-bond donors (Lipinski definition) is 2. The molecule has 1 amide bonds. The van der Waals surface area contributed by atoms with E-state index in [0.717, 1.165) is 5.75 Å². The topological polar surface area (TPSA) is 87.7 Å². The number of amides is 1. The number of sulfonamides is 1. The van der Waals surface area contributed by atoms with E-state index in [1.165, 1.54) is 12.1 Å². The third-order valence-corrected chi connectivity index (χ3v) is 5.99. The van der Waals surface area contributed by atoms with E-state index in [9.17, 15) is 13.2 Å². The van der Waals surface area contributed by atoms with Crippen molar-refractivity contribution in [2.75, 3.05) is 25.5 Å². The first-order valence-corrected chi connectivity index (χ1v) is 11.0. The molecule has 0 aliphatic rings. The molecular formula is C21H29N3O4S. The predicted octanol–water partition coefficient (Wildman–Crippen LogP) is 2.71. The molecule has 2 N–H and O–H groups in total. The molecule has 7 nitrogen and oxygen atoms in total. The van der Waals surface area contributed by atoms with Crippen LogP contribution >= 0.6 is 0 Å². The summed E-state index contributed by atoms with van der Waals surface area (Å²) in [5.41, 5.74) is 0.541. The van der Waals surface area contributed by atoms with E-state index >= 15 is 0 Å². The van der Waals surface area contributed by atoms with E-state index in [0.29, 0.717) is 18.8 Å². The average molecular weight is 420 g/mol. The molecule has 0 saturated heterocycles. The summed E-state index contributed by atoms with van der Waals surface area (Å²) in [5, 5.41) is 2.81. The van der Waals surface area contributed by atoms with E-state index in [1.54, 1.807) is 26.0 Å². The van der Waals surface area contributed by atoms with Crippen LogP contribution in [0.15, 0.2) is 59.5 Å². The Hall–Kier alpha value is -2.42. The molecule has 0 radical (unpaired) electrons. The fourth-order valence-electron chi connectivity index (χ4n) is 2.56. The molecule has 0 aliphatic heterocycles. The highest BCUT2D eigenvalue weighted by Crippen LogP contribution is 2.15. The highest BCUT2D eigenvalue weighted by atomic mass is 32.2. The van der Waals surface area contributed by atoms with Gasteiger partial charge in [-0.05, 0) is 64.2 Å². The molecule has 8 heteroatoms. The number of nitrogens with zero attached hydrogens (tertiary/aromatic N) is 1. The maximum atomic E-state index is 12.5. The van der Waals surface area contributed by atoms with E-state index < -0.39 is 10.0 Å². The van der Waals surface area contributed by atoms with E-state index in [2.05, 4.69) is 10.0 Å². The van der Waals surface area contributed by atoms with Gasteiger partial charge in [0.25, 0.3) is 0 Å². The second-order valence-corrected chi connectivity index (χ2v) is 8.82. The minimum absolute atomic E-state index is 0.160. The van der Waals surface area contributed by atoms with Crippen molar-refractivity contribution in [3.05, 3.63) is 54.6 Å². The van der Waals surface area contributed by atoms with Crippen LogP contribution in [0.3, 0.4) is 0 Å². The van der Waals surface area contributed by atoms with Gasteiger partial charge in [0.2, 0.25) is 15.9 Å². The zero-order chi connectivity index (χ0) is 21.4. The van der Waals surface area contributed by atoms with Crippen molar-refractivity contribution >= 4 is 21.6 Å². The standard InChI is InChI=1S/C21H29N3O4S/c1-16(2)23-29(26,27)20-12-10-18(11-13-20)22-21(25)17(3)24(4)14-15-28-19-8-6-5-7-9-19/h5-13,16-17,23H,14-15H2,1-4H3,(H,22,25).